The molecule has 140 valence electrons. The zero-order valence-electron chi connectivity index (χ0n) is 15.2. The highest BCUT2D eigenvalue weighted by atomic mass is 19.4. The summed E-state index contributed by atoms with van der Waals surface area (Å²) in [5, 5.41) is 0. The summed E-state index contributed by atoms with van der Waals surface area (Å²) < 4.78 is 39.4. The molecule has 0 amide bonds. The Kier molecular flexibility index (Phi) is 4.12. The largest absolute Gasteiger partial charge is 0.392 e. The first-order chi connectivity index (χ1) is 11.7. The van der Waals surface area contributed by atoms with Crippen molar-refractivity contribution in [2.75, 3.05) is 0 Å². The molecule has 0 bridgehead atoms. The standard InChI is InChI=1S/C21H29F3O/c1-12(25)18-7-8-19-17-5-3-13-11-14(21(22,23)24)4-6-15(13)16(17)9-10-20(18,19)2/h3,14-19H,4-11H2,1-2H3. The highest BCUT2D eigenvalue weighted by molar-refractivity contribution is 5.79. The van der Waals surface area contributed by atoms with Gasteiger partial charge in [0.1, 0.15) is 5.78 Å². The molecule has 7 atom stereocenters. The van der Waals surface area contributed by atoms with Gasteiger partial charge in [-0.25, -0.2) is 0 Å². The third kappa shape index (κ3) is 2.70. The van der Waals surface area contributed by atoms with Crippen LogP contribution in [0.15, 0.2) is 11.6 Å². The van der Waals surface area contributed by atoms with Crippen molar-refractivity contribution in [1.29, 1.82) is 0 Å². The van der Waals surface area contributed by atoms with Gasteiger partial charge in [0, 0.05) is 5.92 Å². The van der Waals surface area contributed by atoms with Crippen molar-refractivity contribution < 1.29 is 18.0 Å². The highest BCUT2D eigenvalue weighted by Gasteiger charge is 2.57. The first kappa shape index (κ1) is 17.6. The van der Waals surface area contributed by atoms with Crippen LogP contribution in [0.1, 0.15) is 65.2 Å². The van der Waals surface area contributed by atoms with Crippen LogP contribution in [0.25, 0.3) is 0 Å². The molecule has 0 aromatic heterocycles. The van der Waals surface area contributed by atoms with Gasteiger partial charge in [0.15, 0.2) is 0 Å². The van der Waals surface area contributed by atoms with Gasteiger partial charge in [0.25, 0.3) is 0 Å². The molecule has 0 heterocycles. The number of ketones is 1. The minimum Gasteiger partial charge on any atom is -0.300 e. The van der Waals surface area contributed by atoms with Crippen molar-refractivity contribution in [3.05, 3.63) is 11.6 Å². The van der Waals surface area contributed by atoms with E-state index in [-0.39, 0.29) is 17.8 Å². The third-order valence-electron chi connectivity index (χ3n) is 8.40. The lowest BCUT2D eigenvalue weighted by Crippen LogP contribution is -2.47. The summed E-state index contributed by atoms with van der Waals surface area (Å²) in [6.07, 6.45) is 4.60. The second-order valence-electron chi connectivity index (χ2n) is 9.36. The van der Waals surface area contributed by atoms with E-state index in [4.69, 9.17) is 0 Å². The van der Waals surface area contributed by atoms with Gasteiger partial charge in [-0.1, -0.05) is 18.6 Å². The van der Waals surface area contributed by atoms with Crippen molar-refractivity contribution in [3.8, 4) is 0 Å². The summed E-state index contributed by atoms with van der Waals surface area (Å²) in [4.78, 5) is 12.1. The molecule has 1 nitrogen and oxygen atoms in total. The number of halogens is 3. The maximum atomic E-state index is 13.1. The van der Waals surface area contributed by atoms with E-state index >= 15 is 0 Å². The molecular formula is C21H29F3O. The molecule has 0 saturated heterocycles. The van der Waals surface area contributed by atoms with Crippen LogP contribution in [0.5, 0.6) is 0 Å². The van der Waals surface area contributed by atoms with Crippen LogP contribution in [-0.2, 0) is 4.79 Å². The van der Waals surface area contributed by atoms with Crippen LogP contribution in [0.2, 0.25) is 0 Å². The molecule has 3 saturated carbocycles. The van der Waals surface area contributed by atoms with E-state index < -0.39 is 12.1 Å². The van der Waals surface area contributed by atoms with Gasteiger partial charge < -0.3 is 0 Å². The molecule has 7 unspecified atom stereocenters. The molecule has 4 heteroatoms. The smallest absolute Gasteiger partial charge is 0.300 e. The van der Waals surface area contributed by atoms with Crippen LogP contribution >= 0.6 is 0 Å². The number of hydrogen-bond donors (Lipinski definition) is 0. The summed E-state index contributed by atoms with van der Waals surface area (Å²) >= 11 is 0. The first-order valence-electron chi connectivity index (χ1n) is 9.98. The fraction of sp³-hybridized carbons (Fsp3) is 0.857. The molecule has 0 radical (unpaired) electrons. The molecule has 0 aromatic carbocycles. The summed E-state index contributed by atoms with van der Waals surface area (Å²) in [6.45, 7) is 4.05. The number of Topliss-reactive ketones (excluding diaryl/α,β-unsaturated/α-hetero) is 1. The Labute approximate surface area is 148 Å². The van der Waals surface area contributed by atoms with Gasteiger partial charge in [0.2, 0.25) is 0 Å². The Morgan fingerprint density at radius 1 is 1.12 bits per heavy atom. The maximum absolute atomic E-state index is 13.1. The van der Waals surface area contributed by atoms with Gasteiger partial charge >= 0.3 is 6.18 Å². The van der Waals surface area contributed by atoms with Crippen LogP contribution < -0.4 is 0 Å². The average Bonchev–Trinajstić information content (AvgIpc) is 2.90. The molecule has 4 rings (SSSR count). The fourth-order valence-corrected chi connectivity index (χ4v) is 7.22. The molecule has 0 aliphatic heterocycles. The van der Waals surface area contributed by atoms with Crippen molar-refractivity contribution in [1.82, 2.24) is 0 Å². The summed E-state index contributed by atoms with van der Waals surface area (Å²) in [5.41, 5.74) is 1.22. The second-order valence-corrected chi connectivity index (χ2v) is 9.36. The Bertz CT molecular complexity index is 592. The minimum atomic E-state index is -4.05. The summed E-state index contributed by atoms with van der Waals surface area (Å²) in [6, 6.07) is 0. The Balaban J connectivity index is 1.56. The maximum Gasteiger partial charge on any atom is 0.392 e. The topological polar surface area (TPSA) is 17.1 Å². The minimum absolute atomic E-state index is 0.127. The lowest BCUT2D eigenvalue weighted by molar-refractivity contribution is -0.181. The van der Waals surface area contributed by atoms with E-state index in [1.165, 1.54) is 0 Å². The first-order valence-corrected chi connectivity index (χ1v) is 9.98. The van der Waals surface area contributed by atoms with Gasteiger partial charge in [-0.2, -0.15) is 13.2 Å². The van der Waals surface area contributed by atoms with Crippen molar-refractivity contribution >= 4 is 5.78 Å². The lowest BCUT2D eigenvalue weighted by atomic mass is 9.51. The highest BCUT2D eigenvalue weighted by Crippen LogP contribution is 2.63. The number of carbonyl (C=O) groups is 1. The molecule has 0 N–H and O–H groups in total. The van der Waals surface area contributed by atoms with Crippen LogP contribution in [0, 0.1) is 40.9 Å². The van der Waals surface area contributed by atoms with Crippen LogP contribution in [0.4, 0.5) is 13.2 Å². The van der Waals surface area contributed by atoms with Crippen LogP contribution in [0.3, 0.4) is 0 Å². The number of rotatable bonds is 1. The van der Waals surface area contributed by atoms with Crippen LogP contribution in [-0.4, -0.2) is 12.0 Å². The molecule has 4 aliphatic rings. The molecule has 0 aromatic rings. The predicted molar refractivity (Wildman–Crippen MR) is 90.8 cm³/mol. The molecular weight excluding hydrogens is 325 g/mol. The summed E-state index contributed by atoms with van der Waals surface area (Å²) in [5.74, 6) is 1.49. The SMILES string of the molecule is CC(=O)C1CCC2C3CC=C4CC(C(F)(F)F)CCC4C3CCC12C. The van der Waals surface area contributed by atoms with E-state index in [1.54, 1.807) is 6.92 Å². The number of hydrogen-bond acceptors (Lipinski definition) is 1. The summed E-state index contributed by atoms with van der Waals surface area (Å²) in [7, 11) is 0. The predicted octanol–water partition coefficient (Wildman–Crippen LogP) is 5.94. The Morgan fingerprint density at radius 2 is 1.88 bits per heavy atom. The molecule has 4 aliphatic carbocycles. The Morgan fingerprint density at radius 3 is 2.56 bits per heavy atom. The van der Waals surface area contributed by atoms with E-state index in [0.717, 1.165) is 37.7 Å². The van der Waals surface area contributed by atoms with Gasteiger partial charge in [-0.3, -0.25) is 4.79 Å². The lowest BCUT2D eigenvalue weighted by Gasteiger charge is -2.53. The fourth-order valence-electron chi connectivity index (χ4n) is 7.22. The number of alkyl halides is 3. The molecule has 3 fully saturated rings. The molecule has 0 spiro atoms. The average molecular weight is 354 g/mol. The van der Waals surface area contributed by atoms with Crippen molar-refractivity contribution in [3.63, 3.8) is 0 Å². The second kappa shape index (κ2) is 5.85. The normalized spacial score (nSPS) is 46.7. The van der Waals surface area contributed by atoms with Gasteiger partial charge in [0.05, 0.1) is 5.92 Å². The van der Waals surface area contributed by atoms with E-state index in [2.05, 4.69) is 13.0 Å². The Hall–Kier alpha value is -0.800. The number of fused-ring (bicyclic) bond motifs is 5. The van der Waals surface area contributed by atoms with Gasteiger partial charge in [-0.05, 0) is 87.4 Å². The van der Waals surface area contributed by atoms with Crippen molar-refractivity contribution in [2.45, 2.75) is 71.4 Å². The monoisotopic (exact) mass is 354 g/mol. The molecule has 25 heavy (non-hydrogen) atoms. The van der Waals surface area contributed by atoms with E-state index in [0.29, 0.717) is 42.3 Å². The number of carbonyl (C=O) groups excluding carboxylic acids is 1. The zero-order chi connectivity index (χ0) is 18.0. The van der Waals surface area contributed by atoms with Crippen molar-refractivity contribution in [2.24, 2.45) is 40.9 Å². The van der Waals surface area contributed by atoms with E-state index in [1.807, 2.05) is 0 Å². The number of allylic oxidation sites excluding steroid dienone is 2. The third-order valence-corrected chi connectivity index (χ3v) is 8.40. The zero-order valence-corrected chi connectivity index (χ0v) is 15.2. The van der Waals surface area contributed by atoms with E-state index in [9.17, 15) is 18.0 Å². The quantitative estimate of drug-likeness (QED) is 0.532. The van der Waals surface area contributed by atoms with Gasteiger partial charge in [-0.15, -0.1) is 0 Å².